The Kier molecular flexibility index (Phi) is 8.61. The van der Waals surface area contributed by atoms with E-state index in [2.05, 4.69) is 36.4 Å². The van der Waals surface area contributed by atoms with Crippen LogP contribution < -0.4 is 5.73 Å². The number of carbonyl (C=O) groups is 1. The van der Waals surface area contributed by atoms with Gasteiger partial charge in [-0.2, -0.15) is 0 Å². The van der Waals surface area contributed by atoms with Gasteiger partial charge in [-0.05, 0) is 47.1 Å². The summed E-state index contributed by atoms with van der Waals surface area (Å²) in [6, 6.07) is 7.79. The first-order chi connectivity index (χ1) is 8.43. The molecule has 2 N–H and O–H groups in total. The fraction of sp³-hybridized carbons (Fsp3) is 0.500. The van der Waals surface area contributed by atoms with Crippen LogP contribution in [0.2, 0.25) is 0 Å². The number of nitrogens with zero attached hydrogens (tertiary/aromatic N) is 1. The zero-order valence-corrected chi connectivity index (χ0v) is 14.6. The molecule has 0 aliphatic carbocycles. The molecule has 1 rings (SSSR count). The average molecular weight is 397 g/mol. The minimum absolute atomic E-state index is 0. The normalized spacial score (nSPS) is 11.9. The van der Waals surface area contributed by atoms with Crippen molar-refractivity contribution in [2.45, 2.75) is 26.3 Å². The van der Waals surface area contributed by atoms with E-state index in [0.29, 0.717) is 12.5 Å². The van der Waals surface area contributed by atoms with Gasteiger partial charge in [0.2, 0.25) is 0 Å². The lowest BCUT2D eigenvalue weighted by Gasteiger charge is -2.22. The third-order valence-corrected chi connectivity index (χ3v) is 4.05. The fourth-order valence-electron chi connectivity index (χ4n) is 1.62. The smallest absolute Gasteiger partial charge is 0.254 e. The fourth-order valence-corrected chi connectivity index (χ4v) is 2.24. The summed E-state index contributed by atoms with van der Waals surface area (Å²) in [5.41, 5.74) is 6.76. The van der Waals surface area contributed by atoms with Crippen molar-refractivity contribution in [2.75, 3.05) is 13.6 Å². The van der Waals surface area contributed by atoms with E-state index in [0.717, 1.165) is 15.6 Å². The number of nitrogens with two attached hydrogens (primary N) is 1. The Hall–Kier alpha value is -0.330. The second-order valence-corrected chi connectivity index (χ2v) is 6.07. The van der Waals surface area contributed by atoms with Gasteiger partial charge in [-0.3, -0.25) is 4.79 Å². The molecular formula is C14H22ClIN2O. The number of hydrogen-bond acceptors (Lipinski definition) is 2. The van der Waals surface area contributed by atoms with Crippen LogP contribution in [0.25, 0.3) is 0 Å². The number of amides is 1. The Labute approximate surface area is 135 Å². The second-order valence-electron chi connectivity index (χ2n) is 4.90. The van der Waals surface area contributed by atoms with Crippen LogP contribution in [-0.4, -0.2) is 30.4 Å². The molecule has 0 saturated carbocycles. The summed E-state index contributed by atoms with van der Waals surface area (Å²) in [7, 11) is 1.83. The first-order valence-electron chi connectivity index (χ1n) is 6.19. The van der Waals surface area contributed by atoms with E-state index >= 15 is 0 Å². The molecule has 1 aromatic carbocycles. The Morgan fingerprint density at radius 3 is 2.47 bits per heavy atom. The van der Waals surface area contributed by atoms with E-state index < -0.39 is 0 Å². The predicted octanol–water partition coefficient (Wildman–Crippen LogP) is 3.16. The summed E-state index contributed by atoms with van der Waals surface area (Å²) in [4.78, 5) is 14.0. The van der Waals surface area contributed by atoms with Gasteiger partial charge in [0.1, 0.15) is 0 Å². The van der Waals surface area contributed by atoms with Gasteiger partial charge in [0.25, 0.3) is 5.91 Å². The van der Waals surface area contributed by atoms with Crippen molar-refractivity contribution in [3.63, 3.8) is 0 Å². The van der Waals surface area contributed by atoms with Crippen LogP contribution in [0.15, 0.2) is 24.3 Å². The molecule has 0 radical (unpaired) electrons. The monoisotopic (exact) mass is 396 g/mol. The SMILES string of the molecule is CC(C)C(N)CCN(C)C(=O)c1ccccc1I.Cl. The number of hydrogen-bond donors (Lipinski definition) is 1. The third-order valence-electron chi connectivity index (χ3n) is 3.11. The first-order valence-corrected chi connectivity index (χ1v) is 7.27. The molecule has 0 aliphatic rings. The standard InChI is InChI=1S/C14H21IN2O.ClH/c1-10(2)13(16)8-9-17(3)14(18)11-6-4-5-7-12(11)15;/h4-7,10,13H,8-9,16H2,1-3H3;1H. The molecule has 19 heavy (non-hydrogen) atoms. The summed E-state index contributed by atoms with van der Waals surface area (Å²) in [6.07, 6.45) is 0.837. The van der Waals surface area contributed by atoms with Gasteiger partial charge < -0.3 is 10.6 Å². The molecule has 1 unspecified atom stereocenters. The van der Waals surface area contributed by atoms with Crippen LogP contribution in [0.4, 0.5) is 0 Å². The third kappa shape index (κ3) is 5.67. The maximum Gasteiger partial charge on any atom is 0.254 e. The molecule has 108 valence electrons. The molecule has 0 spiro atoms. The molecule has 5 heteroatoms. The first kappa shape index (κ1) is 18.7. The van der Waals surface area contributed by atoms with Crippen LogP contribution in [0.1, 0.15) is 30.6 Å². The zero-order chi connectivity index (χ0) is 13.7. The van der Waals surface area contributed by atoms with E-state index in [4.69, 9.17) is 5.73 Å². The summed E-state index contributed by atoms with van der Waals surface area (Å²) in [5, 5.41) is 0. The van der Waals surface area contributed by atoms with Gasteiger partial charge in [-0.25, -0.2) is 0 Å². The Morgan fingerprint density at radius 1 is 1.37 bits per heavy atom. The van der Waals surface area contributed by atoms with Crippen molar-refractivity contribution < 1.29 is 4.79 Å². The van der Waals surface area contributed by atoms with Gasteiger partial charge in [0.05, 0.1) is 5.56 Å². The highest BCUT2D eigenvalue weighted by atomic mass is 127. The molecule has 0 heterocycles. The van der Waals surface area contributed by atoms with E-state index in [1.54, 1.807) is 4.90 Å². The average Bonchev–Trinajstić information content (AvgIpc) is 2.35. The lowest BCUT2D eigenvalue weighted by atomic mass is 10.0. The molecule has 0 saturated heterocycles. The van der Waals surface area contributed by atoms with Crippen molar-refractivity contribution in [1.29, 1.82) is 0 Å². The van der Waals surface area contributed by atoms with Crippen molar-refractivity contribution in [1.82, 2.24) is 4.90 Å². The number of halogens is 2. The summed E-state index contributed by atoms with van der Waals surface area (Å²) in [5.74, 6) is 0.515. The lowest BCUT2D eigenvalue weighted by Crippen LogP contribution is -2.34. The molecule has 0 aliphatic heterocycles. The van der Waals surface area contributed by atoms with Gasteiger partial charge >= 0.3 is 0 Å². The Bertz CT molecular complexity index is 412. The number of rotatable bonds is 5. The molecular weight excluding hydrogens is 375 g/mol. The highest BCUT2D eigenvalue weighted by molar-refractivity contribution is 14.1. The van der Waals surface area contributed by atoms with Crippen LogP contribution >= 0.6 is 35.0 Å². The molecule has 0 fully saturated rings. The second kappa shape index (κ2) is 8.76. The Balaban J connectivity index is 0.00000324. The van der Waals surface area contributed by atoms with Crippen LogP contribution in [-0.2, 0) is 0 Å². The highest BCUT2D eigenvalue weighted by Gasteiger charge is 2.16. The zero-order valence-electron chi connectivity index (χ0n) is 11.6. The van der Waals surface area contributed by atoms with Crippen molar-refractivity contribution in [3.05, 3.63) is 33.4 Å². The molecule has 0 aromatic heterocycles. The van der Waals surface area contributed by atoms with Crippen molar-refractivity contribution in [3.8, 4) is 0 Å². The van der Waals surface area contributed by atoms with E-state index in [1.807, 2.05) is 31.3 Å². The van der Waals surface area contributed by atoms with E-state index in [1.165, 1.54) is 0 Å². The largest absolute Gasteiger partial charge is 0.342 e. The van der Waals surface area contributed by atoms with Crippen LogP contribution in [0.5, 0.6) is 0 Å². The predicted molar refractivity (Wildman–Crippen MR) is 90.8 cm³/mol. The maximum absolute atomic E-state index is 12.2. The van der Waals surface area contributed by atoms with E-state index in [9.17, 15) is 4.79 Å². The molecule has 1 atom stereocenters. The Morgan fingerprint density at radius 2 is 1.95 bits per heavy atom. The highest BCUT2D eigenvalue weighted by Crippen LogP contribution is 2.14. The number of benzene rings is 1. The molecule has 3 nitrogen and oxygen atoms in total. The van der Waals surface area contributed by atoms with E-state index in [-0.39, 0.29) is 24.4 Å². The minimum Gasteiger partial charge on any atom is -0.342 e. The number of carbonyl (C=O) groups excluding carboxylic acids is 1. The lowest BCUT2D eigenvalue weighted by molar-refractivity contribution is 0.0788. The van der Waals surface area contributed by atoms with Crippen molar-refractivity contribution in [2.24, 2.45) is 11.7 Å². The van der Waals surface area contributed by atoms with Gasteiger partial charge in [0, 0.05) is 23.2 Å². The van der Waals surface area contributed by atoms with Crippen molar-refractivity contribution >= 4 is 40.9 Å². The molecule has 1 amide bonds. The summed E-state index contributed by atoms with van der Waals surface area (Å²) < 4.78 is 0.986. The quantitative estimate of drug-likeness (QED) is 0.777. The molecule has 0 bridgehead atoms. The summed E-state index contributed by atoms with van der Waals surface area (Å²) in [6.45, 7) is 4.91. The summed E-state index contributed by atoms with van der Waals surface area (Å²) >= 11 is 2.19. The van der Waals surface area contributed by atoms with Crippen LogP contribution in [0, 0.1) is 9.49 Å². The topological polar surface area (TPSA) is 46.3 Å². The van der Waals surface area contributed by atoms with Gasteiger partial charge in [-0.1, -0.05) is 26.0 Å². The van der Waals surface area contributed by atoms with Gasteiger partial charge in [0.15, 0.2) is 0 Å². The minimum atomic E-state index is 0. The molecule has 1 aromatic rings. The maximum atomic E-state index is 12.2. The van der Waals surface area contributed by atoms with Crippen LogP contribution in [0.3, 0.4) is 0 Å². The van der Waals surface area contributed by atoms with Gasteiger partial charge in [-0.15, -0.1) is 12.4 Å².